The molecule has 5 N–H and O–H groups in total. The number of H-pyrrole nitrogens is 1. The zero-order valence-electron chi connectivity index (χ0n) is 8.01. The highest BCUT2D eigenvalue weighted by atomic mass is 16.4. The van der Waals surface area contributed by atoms with Crippen molar-refractivity contribution in [3.63, 3.8) is 0 Å². The number of amides is 1. The van der Waals surface area contributed by atoms with E-state index in [9.17, 15) is 14.4 Å². The first-order valence-corrected chi connectivity index (χ1v) is 4.12. The Morgan fingerprint density at radius 2 is 2.12 bits per heavy atom. The van der Waals surface area contributed by atoms with E-state index in [1.165, 1.54) is 0 Å². The Bertz CT molecular complexity index is 481. The highest BCUT2D eigenvalue weighted by Crippen LogP contribution is 2.00. The van der Waals surface area contributed by atoms with E-state index in [1.54, 1.807) is 0 Å². The van der Waals surface area contributed by atoms with E-state index in [0.717, 1.165) is 12.3 Å². The Balaban J connectivity index is 2.92. The summed E-state index contributed by atoms with van der Waals surface area (Å²) >= 11 is 0. The molecule has 0 aliphatic rings. The molecule has 1 rings (SSSR count). The van der Waals surface area contributed by atoms with Crippen LogP contribution in [-0.4, -0.2) is 38.6 Å². The predicted molar refractivity (Wildman–Crippen MR) is 51.6 cm³/mol. The topological polar surface area (TPSA) is 137 Å². The standard InChI is InChI=1S/C8H9N3O5/c9-11(3-7(14)15)8(16)4-1-5(12)6(13)2-10-4/h1-2,13H,3,9H2,(H,10,12)(H,14,15). The molecule has 0 aliphatic carbocycles. The average Bonchev–Trinajstić information content (AvgIpc) is 2.20. The van der Waals surface area contributed by atoms with Crippen LogP contribution >= 0.6 is 0 Å². The van der Waals surface area contributed by atoms with Gasteiger partial charge in [-0.2, -0.15) is 0 Å². The Morgan fingerprint density at radius 1 is 1.50 bits per heavy atom. The fraction of sp³-hybridized carbons (Fsp3) is 0.125. The molecule has 8 nitrogen and oxygen atoms in total. The lowest BCUT2D eigenvalue weighted by molar-refractivity contribution is -0.137. The number of aromatic nitrogens is 1. The summed E-state index contributed by atoms with van der Waals surface area (Å²) in [6.45, 7) is -0.693. The smallest absolute Gasteiger partial charge is 0.324 e. The number of nitrogens with two attached hydrogens (primary N) is 1. The molecular weight excluding hydrogens is 218 g/mol. The molecule has 1 amide bonds. The molecule has 0 aliphatic heterocycles. The Morgan fingerprint density at radius 3 is 2.62 bits per heavy atom. The van der Waals surface area contributed by atoms with Crippen molar-refractivity contribution in [1.29, 1.82) is 0 Å². The predicted octanol–water partition coefficient (Wildman–Crippen LogP) is -1.52. The van der Waals surface area contributed by atoms with E-state index in [4.69, 9.17) is 16.1 Å². The monoisotopic (exact) mass is 227 g/mol. The summed E-state index contributed by atoms with van der Waals surface area (Å²) in [5, 5.41) is 17.7. The number of carboxylic acids is 1. The largest absolute Gasteiger partial charge is 0.503 e. The lowest BCUT2D eigenvalue weighted by Crippen LogP contribution is -2.41. The number of aliphatic carboxylic acids is 1. The molecule has 16 heavy (non-hydrogen) atoms. The van der Waals surface area contributed by atoms with Crippen LogP contribution in [0.1, 0.15) is 10.5 Å². The van der Waals surface area contributed by atoms with Gasteiger partial charge in [0.05, 0.1) is 0 Å². The SMILES string of the molecule is NN(CC(=O)O)C(=O)c1cc(=O)c(O)c[nH]1. The molecule has 0 atom stereocenters. The maximum atomic E-state index is 11.4. The van der Waals surface area contributed by atoms with Crippen LogP contribution in [0.15, 0.2) is 17.1 Å². The second-order valence-corrected chi connectivity index (χ2v) is 2.92. The van der Waals surface area contributed by atoms with Crippen LogP contribution in [0.2, 0.25) is 0 Å². The van der Waals surface area contributed by atoms with Crippen LogP contribution in [0.25, 0.3) is 0 Å². The second-order valence-electron chi connectivity index (χ2n) is 2.92. The van der Waals surface area contributed by atoms with Gasteiger partial charge in [0.25, 0.3) is 5.91 Å². The van der Waals surface area contributed by atoms with Crippen LogP contribution in [0.3, 0.4) is 0 Å². The van der Waals surface area contributed by atoms with E-state index in [-0.39, 0.29) is 5.69 Å². The number of nitrogens with one attached hydrogen (secondary N) is 1. The number of carbonyl (C=O) groups excluding carboxylic acids is 1. The van der Waals surface area contributed by atoms with Crippen molar-refractivity contribution in [2.75, 3.05) is 6.54 Å². The first-order valence-electron chi connectivity index (χ1n) is 4.12. The van der Waals surface area contributed by atoms with Crippen molar-refractivity contribution in [2.24, 2.45) is 5.84 Å². The van der Waals surface area contributed by atoms with Gasteiger partial charge in [0.2, 0.25) is 5.43 Å². The molecule has 0 saturated heterocycles. The number of hydrogen-bond donors (Lipinski definition) is 4. The normalized spacial score (nSPS) is 9.81. The third-order valence-electron chi connectivity index (χ3n) is 1.69. The van der Waals surface area contributed by atoms with E-state index in [2.05, 4.69) is 4.98 Å². The lowest BCUT2D eigenvalue weighted by atomic mass is 10.3. The highest BCUT2D eigenvalue weighted by molar-refractivity contribution is 5.93. The maximum absolute atomic E-state index is 11.4. The minimum absolute atomic E-state index is 0.202. The molecule has 1 aromatic heterocycles. The average molecular weight is 227 g/mol. The zero-order chi connectivity index (χ0) is 12.3. The fourth-order valence-electron chi connectivity index (χ4n) is 0.960. The van der Waals surface area contributed by atoms with Gasteiger partial charge >= 0.3 is 5.97 Å². The number of hydrogen-bond acceptors (Lipinski definition) is 5. The van der Waals surface area contributed by atoms with Crippen molar-refractivity contribution in [1.82, 2.24) is 9.99 Å². The quantitative estimate of drug-likeness (QED) is 0.281. The van der Waals surface area contributed by atoms with Crippen molar-refractivity contribution in [3.05, 3.63) is 28.2 Å². The lowest BCUT2D eigenvalue weighted by Gasteiger charge is -2.13. The molecule has 86 valence electrons. The molecule has 0 unspecified atom stereocenters. The van der Waals surface area contributed by atoms with E-state index in [0.29, 0.717) is 5.01 Å². The summed E-state index contributed by atoms with van der Waals surface area (Å²) in [5.41, 5.74) is -0.961. The van der Waals surface area contributed by atoms with Gasteiger partial charge in [-0.15, -0.1) is 0 Å². The number of nitrogens with zero attached hydrogens (tertiary/aromatic N) is 1. The molecule has 0 fully saturated rings. The molecule has 8 heteroatoms. The number of aromatic hydroxyl groups is 1. The summed E-state index contributed by atoms with van der Waals surface area (Å²) in [7, 11) is 0. The van der Waals surface area contributed by atoms with Gasteiger partial charge in [0.15, 0.2) is 5.75 Å². The third-order valence-corrected chi connectivity index (χ3v) is 1.69. The molecule has 0 radical (unpaired) electrons. The van der Waals surface area contributed by atoms with Crippen LogP contribution in [0, 0.1) is 0 Å². The van der Waals surface area contributed by atoms with Gasteiger partial charge in [0, 0.05) is 12.3 Å². The first-order chi connectivity index (χ1) is 7.41. The van der Waals surface area contributed by atoms with E-state index < -0.39 is 29.6 Å². The van der Waals surface area contributed by atoms with Gasteiger partial charge < -0.3 is 15.2 Å². The molecule has 1 heterocycles. The van der Waals surface area contributed by atoms with E-state index >= 15 is 0 Å². The summed E-state index contributed by atoms with van der Waals surface area (Å²) in [5.74, 6) is 2.47. The number of hydrazine groups is 1. The molecule has 0 bridgehead atoms. The molecule has 0 aromatic carbocycles. The van der Waals surface area contributed by atoms with Crippen LogP contribution < -0.4 is 11.3 Å². The van der Waals surface area contributed by atoms with Gasteiger partial charge in [-0.05, 0) is 0 Å². The molecule has 1 aromatic rings. The van der Waals surface area contributed by atoms with Gasteiger partial charge in [0.1, 0.15) is 12.2 Å². The van der Waals surface area contributed by atoms with Crippen LogP contribution in [0.5, 0.6) is 5.75 Å². The van der Waals surface area contributed by atoms with Gasteiger partial charge in [-0.3, -0.25) is 19.4 Å². The molecule has 0 spiro atoms. The van der Waals surface area contributed by atoms with Crippen molar-refractivity contribution in [2.45, 2.75) is 0 Å². The van der Waals surface area contributed by atoms with Crippen LogP contribution in [0.4, 0.5) is 0 Å². The Labute approximate surface area is 88.9 Å². The van der Waals surface area contributed by atoms with Gasteiger partial charge in [-0.25, -0.2) is 5.84 Å². The summed E-state index contributed by atoms with van der Waals surface area (Å²) in [6, 6.07) is 0.833. The molecule has 0 saturated carbocycles. The van der Waals surface area contributed by atoms with Crippen molar-refractivity contribution >= 4 is 11.9 Å². The fourth-order valence-corrected chi connectivity index (χ4v) is 0.960. The maximum Gasteiger partial charge on any atom is 0.324 e. The highest BCUT2D eigenvalue weighted by Gasteiger charge is 2.16. The van der Waals surface area contributed by atoms with Gasteiger partial charge in [-0.1, -0.05) is 0 Å². The Kier molecular flexibility index (Phi) is 3.26. The Hall–Kier alpha value is -2.35. The van der Waals surface area contributed by atoms with Crippen molar-refractivity contribution in [3.8, 4) is 5.75 Å². The third kappa shape index (κ3) is 2.58. The number of carboxylic acid groups (broad SMARTS) is 1. The first kappa shape index (κ1) is 11.7. The minimum atomic E-state index is -1.28. The minimum Gasteiger partial charge on any atom is -0.503 e. The number of aromatic amines is 1. The number of rotatable bonds is 3. The van der Waals surface area contributed by atoms with Crippen LogP contribution in [-0.2, 0) is 4.79 Å². The summed E-state index contributed by atoms with van der Waals surface area (Å²) < 4.78 is 0. The summed E-state index contributed by atoms with van der Waals surface area (Å²) in [6.07, 6.45) is 0.921. The number of pyridine rings is 1. The molecular formula is C8H9N3O5. The summed E-state index contributed by atoms with van der Waals surface area (Å²) in [4.78, 5) is 35.0. The van der Waals surface area contributed by atoms with E-state index in [1.807, 2.05) is 0 Å². The zero-order valence-corrected chi connectivity index (χ0v) is 8.01. The second kappa shape index (κ2) is 4.45. The van der Waals surface area contributed by atoms with Crippen molar-refractivity contribution < 1.29 is 19.8 Å². The number of carbonyl (C=O) groups is 2.